The minimum Gasteiger partial charge on any atom is -0.383 e. The molecule has 78 valence electrons. The third-order valence-electron chi connectivity index (χ3n) is 2.08. The first kappa shape index (κ1) is 9.53. The van der Waals surface area contributed by atoms with E-state index in [0.717, 1.165) is 12.2 Å². The maximum atomic E-state index is 11.3. The van der Waals surface area contributed by atoms with Crippen molar-refractivity contribution in [3.8, 4) is 0 Å². The van der Waals surface area contributed by atoms with Crippen LogP contribution in [-0.4, -0.2) is 44.9 Å². The summed E-state index contributed by atoms with van der Waals surface area (Å²) in [7, 11) is 0. The molecule has 1 saturated heterocycles. The second-order valence-electron chi connectivity index (χ2n) is 3.09. The number of aliphatic hydroxyl groups is 1. The molecule has 7 heteroatoms. The van der Waals surface area contributed by atoms with E-state index in [0.29, 0.717) is 10.0 Å². The Labute approximate surface area is 83.5 Å². The third-order valence-corrected chi connectivity index (χ3v) is 2.08. The number of nitrogens with zero attached hydrogens (tertiary/aromatic N) is 2. The minimum atomic E-state index is -1.47. The van der Waals surface area contributed by atoms with Gasteiger partial charge in [0.05, 0.1) is 6.42 Å². The lowest BCUT2D eigenvalue weighted by atomic mass is 10.3. The summed E-state index contributed by atoms with van der Waals surface area (Å²) in [5, 5.41) is 9.89. The fourth-order valence-corrected chi connectivity index (χ4v) is 1.40. The molecule has 0 aromatic heterocycles. The number of carbonyl (C=O) groups excluding carboxylic acids is 4. The van der Waals surface area contributed by atoms with Crippen molar-refractivity contribution in [3.63, 3.8) is 0 Å². The molecule has 1 unspecified atom stereocenters. The summed E-state index contributed by atoms with van der Waals surface area (Å²) >= 11 is 0. The monoisotopic (exact) mass is 210 g/mol. The molecule has 0 bridgehead atoms. The lowest BCUT2D eigenvalue weighted by Gasteiger charge is -2.22. The van der Waals surface area contributed by atoms with Crippen molar-refractivity contribution in [1.29, 1.82) is 0 Å². The van der Waals surface area contributed by atoms with Crippen molar-refractivity contribution in [3.05, 3.63) is 12.2 Å². The zero-order chi connectivity index (χ0) is 11.2. The summed E-state index contributed by atoms with van der Waals surface area (Å²) in [5.74, 6) is -3.25. The van der Waals surface area contributed by atoms with Crippen LogP contribution in [0.25, 0.3) is 0 Å². The molecule has 7 nitrogen and oxygen atoms in total. The number of imide groups is 2. The maximum absolute atomic E-state index is 11.3. The van der Waals surface area contributed by atoms with E-state index in [1.165, 1.54) is 0 Å². The topological polar surface area (TPSA) is 95.0 Å². The predicted octanol–water partition coefficient (Wildman–Crippen LogP) is -2.05. The van der Waals surface area contributed by atoms with E-state index in [9.17, 15) is 19.2 Å². The number of hydrazine groups is 1. The van der Waals surface area contributed by atoms with Crippen molar-refractivity contribution in [1.82, 2.24) is 10.0 Å². The van der Waals surface area contributed by atoms with E-state index in [2.05, 4.69) is 0 Å². The van der Waals surface area contributed by atoms with Gasteiger partial charge >= 0.3 is 0 Å². The summed E-state index contributed by atoms with van der Waals surface area (Å²) in [6, 6.07) is 0. The number of hydrogen-bond donors (Lipinski definition) is 1. The van der Waals surface area contributed by atoms with Crippen LogP contribution >= 0.6 is 0 Å². The second kappa shape index (κ2) is 2.99. The molecular formula is C8H6N2O5. The molecule has 1 fully saturated rings. The molecule has 1 N–H and O–H groups in total. The Morgan fingerprint density at radius 1 is 1.07 bits per heavy atom. The largest absolute Gasteiger partial charge is 0.383 e. The number of aliphatic hydroxyl groups excluding tert-OH is 1. The number of amides is 4. The highest BCUT2D eigenvalue weighted by Gasteiger charge is 2.45. The Morgan fingerprint density at radius 3 is 2.00 bits per heavy atom. The first-order valence-corrected chi connectivity index (χ1v) is 4.13. The summed E-state index contributed by atoms with van der Waals surface area (Å²) in [4.78, 5) is 44.8. The van der Waals surface area contributed by atoms with Crippen molar-refractivity contribution >= 4 is 23.6 Å². The van der Waals surface area contributed by atoms with Crippen LogP contribution in [0.4, 0.5) is 0 Å². The van der Waals surface area contributed by atoms with Crippen LogP contribution in [-0.2, 0) is 19.2 Å². The Hall–Kier alpha value is -2.02. The van der Waals surface area contributed by atoms with Gasteiger partial charge in [-0.05, 0) is 0 Å². The normalized spacial score (nSPS) is 26.1. The third kappa shape index (κ3) is 1.24. The molecule has 0 aromatic rings. The average Bonchev–Trinajstić information content (AvgIpc) is 2.59. The Morgan fingerprint density at radius 2 is 1.60 bits per heavy atom. The van der Waals surface area contributed by atoms with Crippen molar-refractivity contribution < 1.29 is 24.3 Å². The molecule has 0 spiro atoms. The SMILES string of the molecule is O=C1C=CC(=O)N1N1C(=O)CC(O)C1=O. The standard InChI is InChI=1S/C8H6N2O5/c11-4-3-7(14)10(8(4)15)9-5(12)1-2-6(9)13/h1-2,4,11H,3H2. The second-order valence-corrected chi connectivity index (χ2v) is 3.09. The Kier molecular flexibility index (Phi) is 1.90. The maximum Gasteiger partial charge on any atom is 0.278 e. The van der Waals surface area contributed by atoms with Gasteiger partial charge < -0.3 is 5.11 Å². The van der Waals surface area contributed by atoms with Crippen LogP contribution < -0.4 is 0 Å². The fourth-order valence-electron chi connectivity index (χ4n) is 1.40. The van der Waals surface area contributed by atoms with Gasteiger partial charge in [0, 0.05) is 12.2 Å². The van der Waals surface area contributed by atoms with Gasteiger partial charge in [-0.1, -0.05) is 0 Å². The van der Waals surface area contributed by atoms with E-state index in [-0.39, 0.29) is 0 Å². The van der Waals surface area contributed by atoms with Crippen LogP contribution in [0.15, 0.2) is 12.2 Å². The minimum absolute atomic E-state index is 0.384. The molecule has 0 aliphatic carbocycles. The molecule has 2 heterocycles. The van der Waals surface area contributed by atoms with Gasteiger partial charge in [-0.15, -0.1) is 0 Å². The fraction of sp³-hybridized carbons (Fsp3) is 0.250. The highest BCUT2D eigenvalue weighted by Crippen LogP contribution is 2.18. The number of carbonyl (C=O) groups is 4. The quantitative estimate of drug-likeness (QED) is 0.502. The molecular weight excluding hydrogens is 204 g/mol. The van der Waals surface area contributed by atoms with Crippen LogP contribution in [0.1, 0.15) is 6.42 Å². The van der Waals surface area contributed by atoms with Gasteiger partial charge in [-0.3, -0.25) is 19.2 Å². The van der Waals surface area contributed by atoms with E-state index in [4.69, 9.17) is 5.11 Å². The molecule has 2 aliphatic heterocycles. The highest BCUT2D eigenvalue weighted by molar-refractivity contribution is 6.17. The number of rotatable bonds is 1. The first-order valence-electron chi connectivity index (χ1n) is 4.13. The van der Waals surface area contributed by atoms with Gasteiger partial charge in [0.25, 0.3) is 23.6 Å². The van der Waals surface area contributed by atoms with Crippen LogP contribution in [0.2, 0.25) is 0 Å². The van der Waals surface area contributed by atoms with Gasteiger partial charge in [-0.2, -0.15) is 10.0 Å². The molecule has 0 aromatic carbocycles. The zero-order valence-electron chi connectivity index (χ0n) is 7.41. The molecule has 0 radical (unpaired) electrons. The highest BCUT2D eigenvalue weighted by atomic mass is 16.3. The van der Waals surface area contributed by atoms with Gasteiger partial charge in [0.15, 0.2) is 0 Å². The van der Waals surface area contributed by atoms with Crippen molar-refractivity contribution in [2.45, 2.75) is 12.5 Å². The molecule has 1 atom stereocenters. The lowest BCUT2D eigenvalue weighted by molar-refractivity contribution is -0.171. The molecule has 15 heavy (non-hydrogen) atoms. The lowest BCUT2D eigenvalue weighted by Crippen LogP contribution is -2.50. The first-order chi connectivity index (χ1) is 7.02. The Balaban J connectivity index is 2.32. The summed E-state index contributed by atoms with van der Waals surface area (Å²) in [5.41, 5.74) is 0. The molecule has 2 aliphatic rings. The Bertz CT molecular complexity index is 395. The van der Waals surface area contributed by atoms with Crippen LogP contribution in [0.3, 0.4) is 0 Å². The number of hydrogen-bond acceptors (Lipinski definition) is 5. The molecule has 4 amide bonds. The smallest absolute Gasteiger partial charge is 0.278 e. The predicted molar refractivity (Wildman–Crippen MR) is 43.5 cm³/mol. The van der Waals surface area contributed by atoms with E-state index in [1.807, 2.05) is 0 Å². The van der Waals surface area contributed by atoms with Gasteiger partial charge in [0.2, 0.25) is 0 Å². The van der Waals surface area contributed by atoms with Crippen LogP contribution in [0, 0.1) is 0 Å². The zero-order valence-corrected chi connectivity index (χ0v) is 7.41. The van der Waals surface area contributed by atoms with Gasteiger partial charge in [-0.25, -0.2) is 0 Å². The van der Waals surface area contributed by atoms with E-state index >= 15 is 0 Å². The van der Waals surface area contributed by atoms with E-state index in [1.54, 1.807) is 0 Å². The van der Waals surface area contributed by atoms with Crippen LogP contribution in [0.5, 0.6) is 0 Å². The van der Waals surface area contributed by atoms with Gasteiger partial charge in [0.1, 0.15) is 6.10 Å². The van der Waals surface area contributed by atoms with E-state index < -0.39 is 36.2 Å². The average molecular weight is 210 g/mol. The van der Waals surface area contributed by atoms with Crippen molar-refractivity contribution in [2.75, 3.05) is 0 Å². The summed E-state index contributed by atoms with van der Waals surface area (Å²) in [6.45, 7) is 0. The molecule has 0 saturated carbocycles. The summed E-state index contributed by atoms with van der Waals surface area (Å²) in [6.07, 6.45) is 0.0237. The van der Waals surface area contributed by atoms with Crippen molar-refractivity contribution in [2.24, 2.45) is 0 Å². The molecule has 2 rings (SSSR count). The summed E-state index contributed by atoms with van der Waals surface area (Å²) < 4.78 is 0.